The molecule has 1 fully saturated rings. The van der Waals surface area contributed by atoms with Gasteiger partial charge in [0.2, 0.25) is 0 Å². The fourth-order valence-corrected chi connectivity index (χ4v) is 2.54. The van der Waals surface area contributed by atoms with Crippen LogP contribution in [0.5, 0.6) is 0 Å². The molecule has 0 amide bonds. The van der Waals surface area contributed by atoms with Crippen molar-refractivity contribution in [1.82, 2.24) is 0 Å². The Balaban J connectivity index is 2.27. The standard InChI is InChI=1S/C14H16O2/c1-10(15)13-8-7-12(16)9-14(13)11-5-3-2-4-6-11/h2-6,13-14H,7-9H2,1H3/t13-,14-/m1/s1. The predicted octanol–water partition coefficient (Wildman–Crippen LogP) is 2.73. The van der Waals surface area contributed by atoms with Crippen LogP contribution in [0.1, 0.15) is 37.7 Å². The minimum atomic E-state index is 0.0279. The van der Waals surface area contributed by atoms with Crippen LogP contribution in [0.4, 0.5) is 0 Å². The molecule has 0 aromatic heterocycles. The summed E-state index contributed by atoms with van der Waals surface area (Å²) in [5, 5.41) is 0. The summed E-state index contributed by atoms with van der Waals surface area (Å²) in [6.45, 7) is 1.64. The maximum absolute atomic E-state index is 11.6. The third-order valence-electron chi connectivity index (χ3n) is 3.42. The van der Waals surface area contributed by atoms with E-state index in [-0.39, 0.29) is 23.4 Å². The van der Waals surface area contributed by atoms with Crippen LogP contribution in [0.3, 0.4) is 0 Å². The molecule has 0 bridgehead atoms. The Hall–Kier alpha value is -1.44. The molecule has 1 aromatic carbocycles. The Labute approximate surface area is 95.7 Å². The van der Waals surface area contributed by atoms with Crippen LogP contribution >= 0.6 is 0 Å². The molecule has 84 valence electrons. The Morgan fingerprint density at radius 1 is 1.25 bits per heavy atom. The number of carbonyl (C=O) groups excluding carboxylic acids is 2. The Morgan fingerprint density at radius 3 is 2.56 bits per heavy atom. The highest BCUT2D eigenvalue weighted by atomic mass is 16.1. The molecule has 2 heteroatoms. The minimum Gasteiger partial charge on any atom is -0.300 e. The van der Waals surface area contributed by atoms with Gasteiger partial charge in [-0.25, -0.2) is 0 Å². The average Bonchev–Trinajstić information content (AvgIpc) is 2.29. The first-order chi connectivity index (χ1) is 7.68. The summed E-state index contributed by atoms with van der Waals surface area (Å²) in [5.74, 6) is 0.618. The van der Waals surface area contributed by atoms with Gasteiger partial charge in [0.25, 0.3) is 0 Å². The molecular formula is C14H16O2. The zero-order valence-corrected chi connectivity index (χ0v) is 9.48. The summed E-state index contributed by atoms with van der Waals surface area (Å²) < 4.78 is 0. The Bertz CT molecular complexity index is 394. The third-order valence-corrected chi connectivity index (χ3v) is 3.42. The zero-order valence-electron chi connectivity index (χ0n) is 9.48. The molecule has 1 saturated carbocycles. The molecule has 0 spiro atoms. The quantitative estimate of drug-likeness (QED) is 0.761. The van der Waals surface area contributed by atoms with Gasteiger partial charge in [-0.05, 0) is 18.9 Å². The average molecular weight is 216 g/mol. The Morgan fingerprint density at radius 2 is 1.94 bits per heavy atom. The Kier molecular flexibility index (Phi) is 3.18. The maximum atomic E-state index is 11.6. The fourth-order valence-electron chi connectivity index (χ4n) is 2.54. The number of Topliss-reactive ketones (excluding diaryl/α,β-unsaturated/α-hetero) is 2. The highest BCUT2D eigenvalue weighted by Gasteiger charge is 2.32. The second-order valence-electron chi connectivity index (χ2n) is 4.52. The molecule has 2 nitrogen and oxygen atoms in total. The van der Waals surface area contributed by atoms with Crippen molar-refractivity contribution in [2.75, 3.05) is 0 Å². The number of carbonyl (C=O) groups is 2. The normalized spacial score (nSPS) is 25.4. The van der Waals surface area contributed by atoms with E-state index in [2.05, 4.69) is 0 Å². The number of rotatable bonds is 2. The molecule has 0 saturated heterocycles. The van der Waals surface area contributed by atoms with Gasteiger partial charge in [0.05, 0.1) is 0 Å². The van der Waals surface area contributed by atoms with Crippen molar-refractivity contribution in [3.63, 3.8) is 0 Å². The smallest absolute Gasteiger partial charge is 0.133 e. The van der Waals surface area contributed by atoms with Crippen LogP contribution in [0.2, 0.25) is 0 Å². The molecule has 2 atom stereocenters. The summed E-state index contributed by atoms with van der Waals surface area (Å²) in [7, 11) is 0. The van der Waals surface area contributed by atoms with Gasteiger partial charge in [-0.15, -0.1) is 0 Å². The van der Waals surface area contributed by atoms with E-state index in [4.69, 9.17) is 0 Å². The van der Waals surface area contributed by atoms with Crippen LogP contribution in [-0.2, 0) is 9.59 Å². The SMILES string of the molecule is CC(=O)[C@H]1CCC(=O)C[C@@H]1c1ccccc1. The predicted molar refractivity (Wildman–Crippen MR) is 62.2 cm³/mol. The lowest BCUT2D eigenvalue weighted by Gasteiger charge is -2.29. The fraction of sp³-hybridized carbons (Fsp3) is 0.429. The van der Waals surface area contributed by atoms with Gasteiger partial charge in [0.15, 0.2) is 0 Å². The topological polar surface area (TPSA) is 34.1 Å². The zero-order chi connectivity index (χ0) is 11.5. The van der Waals surface area contributed by atoms with E-state index in [1.54, 1.807) is 6.92 Å². The van der Waals surface area contributed by atoms with E-state index in [0.717, 1.165) is 5.56 Å². The lowest BCUT2D eigenvalue weighted by atomic mass is 9.73. The van der Waals surface area contributed by atoms with Crippen molar-refractivity contribution in [3.05, 3.63) is 35.9 Å². The van der Waals surface area contributed by atoms with Crippen molar-refractivity contribution in [2.24, 2.45) is 5.92 Å². The van der Waals surface area contributed by atoms with E-state index in [9.17, 15) is 9.59 Å². The first-order valence-electron chi connectivity index (χ1n) is 5.75. The molecule has 0 aliphatic heterocycles. The molecule has 1 aliphatic rings. The van der Waals surface area contributed by atoms with Gasteiger partial charge in [-0.1, -0.05) is 30.3 Å². The monoisotopic (exact) mass is 216 g/mol. The van der Waals surface area contributed by atoms with Gasteiger partial charge < -0.3 is 0 Å². The second-order valence-corrected chi connectivity index (χ2v) is 4.52. The van der Waals surface area contributed by atoms with Crippen molar-refractivity contribution in [1.29, 1.82) is 0 Å². The largest absolute Gasteiger partial charge is 0.300 e. The minimum absolute atomic E-state index is 0.0279. The van der Waals surface area contributed by atoms with Crippen molar-refractivity contribution in [2.45, 2.75) is 32.1 Å². The summed E-state index contributed by atoms with van der Waals surface area (Å²) in [4.78, 5) is 23.1. The lowest BCUT2D eigenvalue weighted by Crippen LogP contribution is -2.28. The van der Waals surface area contributed by atoms with Gasteiger partial charge >= 0.3 is 0 Å². The molecule has 0 N–H and O–H groups in total. The maximum Gasteiger partial charge on any atom is 0.133 e. The molecule has 2 rings (SSSR count). The number of ketones is 2. The summed E-state index contributed by atoms with van der Waals surface area (Å²) in [5.41, 5.74) is 1.12. The highest BCUT2D eigenvalue weighted by Crippen LogP contribution is 2.36. The first-order valence-corrected chi connectivity index (χ1v) is 5.75. The summed E-state index contributed by atoms with van der Waals surface area (Å²) in [6.07, 6.45) is 1.80. The lowest BCUT2D eigenvalue weighted by molar-refractivity contribution is -0.126. The first kappa shape index (κ1) is 11.1. The van der Waals surface area contributed by atoms with Crippen LogP contribution in [0, 0.1) is 5.92 Å². The van der Waals surface area contributed by atoms with Crippen LogP contribution in [-0.4, -0.2) is 11.6 Å². The summed E-state index contributed by atoms with van der Waals surface area (Å²) >= 11 is 0. The number of hydrogen-bond acceptors (Lipinski definition) is 2. The van der Waals surface area contributed by atoms with Crippen molar-refractivity contribution in [3.8, 4) is 0 Å². The molecule has 1 aliphatic carbocycles. The van der Waals surface area contributed by atoms with Gasteiger partial charge in [-0.2, -0.15) is 0 Å². The number of benzene rings is 1. The van der Waals surface area contributed by atoms with E-state index < -0.39 is 0 Å². The van der Waals surface area contributed by atoms with Gasteiger partial charge in [0.1, 0.15) is 11.6 Å². The van der Waals surface area contributed by atoms with Crippen LogP contribution in [0.25, 0.3) is 0 Å². The molecule has 16 heavy (non-hydrogen) atoms. The van der Waals surface area contributed by atoms with E-state index in [1.807, 2.05) is 30.3 Å². The van der Waals surface area contributed by atoms with Gasteiger partial charge in [0, 0.05) is 24.7 Å². The second kappa shape index (κ2) is 4.60. The molecule has 0 heterocycles. The molecule has 0 radical (unpaired) electrons. The molecule has 0 unspecified atom stereocenters. The number of hydrogen-bond donors (Lipinski definition) is 0. The molecule has 1 aromatic rings. The van der Waals surface area contributed by atoms with Crippen molar-refractivity contribution >= 4 is 11.6 Å². The van der Waals surface area contributed by atoms with E-state index >= 15 is 0 Å². The molecular weight excluding hydrogens is 200 g/mol. The summed E-state index contributed by atoms with van der Waals surface area (Å²) in [6, 6.07) is 9.91. The van der Waals surface area contributed by atoms with E-state index in [1.165, 1.54) is 0 Å². The van der Waals surface area contributed by atoms with Gasteiger partial charge in [-0.3, -0.25) is 9.59 Å². The highest BCUT2D eigenvalue weighted by molar-refractivity contribution is 5.86. The van der Waals surface area contributed by atoms with Crippen molar-refractivity contribution < 1.29 is 9.59 Å². The third kappa shape index (κ3) is 2.21. The van der Waals surface area contributed by atoms with Crippen LogP contribution < -0.4 is 0 Å². The van der Waals surface area contributed by atoms with Crippen LogP contribution in [0.15, 0.2) is 30.3 Å². The van der Waals surface area contributed by atoms with E-state index in [0.29, 0.717) is 19.3 Å².